The molecule has 0 unspecified atom stereocenters. The summed E-state index contributed by atoms with van der Waals surface area (Å²) >= 11 is 1.44. The molecule has 114 valence electrons. The Morgan fingerprint density at radius 1 is 1.48 bits per heavy atom. The van der Waals surface area contributed by atoms with Crippen molar-refractivity contribution in [1.29, 1.82) is 0 Å². The molecule has 0 aliphatic heterocycles. The molecule has 8 heteroatoms. The topological polar surface area (TPSA) is 97.4 Å². The van der Waals surface area contributed by atoms with Crippen LogP contribution in [0.25, 0.3) is 0 Å². The van der Waals surface area contributed by atoms with Crippen molar-refractivity contribution in [3.63, 3.8) is 0 Å². The van der Waals surface area contributed by atoms with Crippen LogP contribution in [0.4, 0.5) is 4.79 Å². The zero-order chi connectivity index (χ0) is 15.4. The van der Waals surface area contributed by atoms with Gasteiger partial charge in [0.25, 0.3) is 5.91 Å². The zero-order valence-electron chi connectivity index (χ0n) is 11.8. The van der Waals surface area contributed by atoms with Gasteiger partial charge in [-0.05, 0) is 26.7 Å². The van der Waals surface area contributed by atoms with Crippen molar-refractivity contribution in [3.05, 3.63) is 16.1 Å². The third-order valence-electron chi connectivity index (χ3n) is 2.82. The van der Waals surface area contributed by atoms with E-state index in [9.17, 15) is 14.4 Å². The number of hydrogen-bond donors (Lipinski definition) is 2. The van der Waals surface area contributed by atoms with E-state index >= 15 is 0 Å². The molecule has 0 aromatic carbocycles. The molecular weight excluding hydrogens is 294 g/mol. The molecule has 1 aromatic heterocycles. The number of amides is 3. The number of esters is 1. The molecule has 7 nitrogen and oxygen atoms in total. The minimum Gasteiger partial charge on any atom is -0.452 e. The van der Waals surface area contributed by atoms with Crippen LogP contribution in [0.2, 0.25) is 0 Å². The number of nitrogens with zero attached hydrogens (tertiary/aromatic N) is 1. The van der Waals surface area contributed by atoms with E-state index in [0.29, 0.717) is 5.69 Å². The monoisotopic (exact) mass is 311 g/mol. The van der Waals surface area contributed by atoms with Gasteiger partial charge in [-0.15, -0.1) is 11.3 Å². The number of aromatic nitrogens is 1. The summed E-state index contributed by atoms with van der Waals surface area (Å²) in [6.07, 6.45) is 0.844. The lowest BCUT2D eigenvalue weighted by Crippen LogP contribution is -2.45. The molecule has 0 bridgehead atoms. The van der Waals surface area contributed by atoms with Crippen molar-refractivity contribution >= 4 is 29.2 Å². The van der Waals surface area contributed by atoms with Gasteiger partial charge in [0.05, 0.1) is 17.1 Å². The van der Waals surface area contributed by atoms with Crippen LogP contribution in [0, 0.1) is 6.92 Å². The van der Waals surface area contributed by atoms with E-state index in [4.69, 9.17) is 4.74 Å². The molecule has 1 heterocycles. The average molecular weight is 311 g/mol. The number of ether oxygens (including phenoxy) is 1. The Bertz CT molecular complexity index is 553. The molecule has 0 radical (unpaired) electrons. The van der Waals surface area contributed by atoms with Crippen molar-refractivity contribution in [2.24, 2.45) is 0 Å². The fourth-order valence-corrected chi connectivity index (χ4v) is 2.20. The molecule has 21 heavy (non-hydrogen) atoms. The molecule has 1 aliphatic rings. The highest BCUT2D eigenvalue weighted by Crippen LogP contribution is 2.18. The van der Waals surface area contributed by atoms with Gasteiger partial charge in [-0.25, -0.2) is 9.78 Å². The summed E-state index contributed by atoms with van der Waals surface area (Å²) in [6, 6.07) is -0.399. The largest absolute Gasteiger partial charge is 0.452 e. The van der Waals surface area contributed by atoms with Crippen LogP contribution < -0.4 is 10.6 Å². The maximum atomic E-state index is 11.7. The van der Waals surface area contributed by atoms with E-state index in [1.54, 1.807) is 5.38 Å². The van der Waals surface area contributed by atoms with Gasteiger partial charge in [-0.3, -0.25) is 14.9 Å². The van der Waals surface area contributed by atoms with Gasteiger partial charge in [0.15, 0.2) is 6.10 Å². The SMILES string of the molecule is Cc1nc(CC(=O)O[C@H](C)C(=O)NC(=O)NC2CC2)cs1. The summed E-state index contributed by atoms with van der Waals surface area (Å²) in [5.41, 5.74) is 0.613. The van der Waals surface area contributed by atoms with E-state index in [2.05, 4.69) is 15.6 Å². The second-order valence-corrected chi connectivity index (χ2v) is 5.97. The Morgan fingerprint density at radius 3 is 2.76 bits per heavy atom. The predicted molar refractivity (Wildman–Crippen MR) is 75.8 cm³/mol. The van der Waals surface area contributed by atoms with Gasteiger partial charge < -0.3 is 10.1 Å². The van der Waals surface area contributed by atoms with Crippen LogP contribution >= 0.6 is 11.3 Å². The second-order valence-electron chi connectivity index (χ2n) is 4.90. The van der Waals surface area contributed by atoms with E-state index in [1.807, 2.05) is 6.92 Å². The Kier molecular flexibility index (Phi) is 4.89. The number of imide groups is 1. The summed E-state index contributed by atoms with van der Waals surface area (Å²) in [6.45, 7) is 3.26. The normalized spacial score (nSPS) is 15.1. The Morgan fingerprint density at radius 2 is 2.19 bits per heavy atom. The van der Waals surface area contributed by atoms with Gasteiger partial charge in [0.1, 0.15) is 0 Å². The number of carbonyl (C=O) groups excluding carboxylic acids is 3. The molecule has 1 aliphatic carbocycles. The van der Waals surface area contributed by atoms with Crippen molar-refractivity contribution in [3.8, 4) is 0 Å². The molecule has 1 fully saturated rings. The summed E-state index contributed by atoms with van der Waals surface area (Å²) < 4.78 is 4.98. The summed E-state index contributed by atoms with van der Waals surface area (Å²) in [4.78, 5) is 38.9. The maximum absolute atomic E-state index is 11.7. The van der Waals surface area contributed by atoms with Crippen LogP contribution in [0.3, 0.4) is 0 Å². The van der Waals surface area contributed by atoms with Crippen molar-refractivity contribution < 1.29 is 19.1 Å². The summed E-state index contributed by atoms with van der Waals surface area (Å²) in [7, 11) is 0. The molecule has 1 saturated carbocycles. The van der Waals surface area contributed by atoms with Crippen molar-refractivity contribution in [1.82, 2.24) is 15.6 Å². The number of carbonyl (C=O) groups is 3. The number of urea groups is 1. The quantitative estimate of drug-likeness (QED) is 0.788. The minimum atomic E-state index is -1.03. The van der Waals surface area contributed by atoms with E-state index in [0.717, 1.165) is 17.8 Å². The third kappa shape index (κ3) is 5.14. The molecule has 3 amide bonds. The second kappa shape index (κ2) is 6.66. The highest BCUT2D eigenvalue weighted by Gasteiger charge is 2.26. The lowest BCUT2D eigenvalue weighted by Gasteiger charge is -2.12. The molecular formula is C13H17N3O4S. The first-order valence-corrected chi connectivity index (χ1v) is 7.54. The average Bonchev–Trinajstić information content (AvgIpc) is 3.10. The van der Waals surface area contributed by atoms with Crippen LogP contribution in [0.5, 0.6) is 0 Å². The first kappa shape index (κ1) is 15.4. The highest BCUT2D eigenvalue weighted by molar-refractivity contribution is 7.09. The fourth-order valence-electron chi connectivity index (χ4n) is 1.59. The number of thiazole rings is 1. The molecule has 1 aromatic rings. The zero-order valence-corrected chi connectivity index (χ0v) is 12.7. The lowest BCUT2D eigenvalue weighted by molar-refractivity contribution is -0.153. The van der Waals surface area contributed by atoms with Crippen LogP contribution in [-0.2, 0) is 20.7 Å². The van der Waals surface area contributed by atoms with E-state index in [1.165, 1.54) is 18.3 Å². The Balaban J connectivity index is 1.73. The standard InChI is InChI=1S/C13H17N3O4S/c1-7(12(18)16-13(19)15-9-3-4-9)20-11(17)5-10-6-21-8(2)14-10/h6-7,9H,3-5H2,1-2H3,(H2,15,16,18,19)/t7-/m1/s1. The van der Waals surface area contributed by atoms with E-state index < -0.39 is 24.0 Å². The Labute approximate surface area is 126 Å². The van der Waals surface area contributed by atoms with Crippen LogP contribution in [-0.4, -0.2) is 35.0 Å². The lowest BCUT2D eigenvalue weighted by atomic mass is 10.3. The number of nitrogens with one attached hydrogen (secondary N) is 2. The smallest absolute Gasteiger partial charge is 0.321 e. The van der Waals surface area contributed by atoms with Gasteiger partial charge >= 0.3 is 12.0 Å². The van der Waals surface area contributed by atoms with Gasteiger partial charge in [0.2, 0.25) is 0 Å². The van der Waals surface area contributed by atoms with Gasteiger partial charge in [-0.1, -0.05) is 0 Å². The molecule has 0 saturated heterocycles. The first-order valence-electron chi connectivity index (χ1n) is 6.66. The molecule has 2 rings (SSSR count). The predicted octanol–water partition coefficient (Wildman–Crippen LogP) is 0.914. The number of hydrogen-bond acceptors (Lipinski definition) is 6. The van der Waals surface area contributed by atoms with Crippen molar-refractivity contribution in [2.45, 2.75) is 45.3 Å². The third-order valence-corrected chi connectivity index (χ3v) is 3.64. The fraction of sp³-hybridized carbons (Fsp3) is 0.538. The van der Waals surface area contributed by atoms with Crippen LogP contribution in [0.1, 0.15) is 30.5 Å². The minimum absolute atomic E-state index is 0.0101. The molecule has 1 atom stereocenters. The Hall–Kier alpha value is -1.96. The number of rotatable bonds is 5. The molecule has 2 N–H and O–H groups in total. The summed E-state index contributed by atoms with van der Waals surface area (Å²) in [5, 5.41) is 7.39. The maximum Gasteiger partial charge on any atom is 0.321 e. The molecule has 0 spiro atoms. The number of aryl methyl sites for hydroxylation is 1. The van der Waals surface area contributed by atoms with E-state index in [-0.39, 0.29) is 12.5 Å². The summed E-state index contributed by atoms with van der Waals surface area (Å²) in [5.74, 6) is -1.19. The van der Waals surface area contributed by atoms with Gasteiger partial charge in [0, 0.05) is 11.4 Å². The first-order chi connectivity index (χ1) is 9.94. The van der Waals surface area contributed by atoms with Gasteiger partial charge in [-0.2, -0.15) is 0 Å². The highest BCUT2D eigenvalue weighted by atomic mass is 32.1. The van der Waals surface area contributed by atoms with Crippen LogP contribution in [0.15, 0.2) is 5.38 Å². The van der Waals surface area contributed by atoms with Crippen molar-refractivity contribution in [2.75, 3.05) is 0 Å².